The summed E-state index contributed by atoms with van der Waals surface area (Å²) in [6, 6.07) is 6.04. The number of hydrogen-bond donors (Lipinski definition) is 0. The molecule has 2 rings (SSSR count). The van der Waals surface area contributed by atoms with E-state index in [9.17, 15) is 13.2 Å². The Labute approximate surface area is 106 Å². The third-order valence-electron chi connectivity index (χ3n) is 2.40. The lowest BCUT2D eigenvalue weighted by Gasteiger charge is -2.14. The molecule has 0 atom stereocenters. The normalized spacial score (nSPS) is 11.8. The number of alkyl halides is 3. The van der Waals surface area contributed by atoms with Gasteiger partial charge in [-0.3, -0.25) is 0 Å². The second-order valence-electron chi connectivity index (χ2n) is 3.59. The van der Waals surface area contributed by atoms with Gasteiger partial charge in [0.05, 0.1) is 10.6 Å². The lowest BCUT2D eigenvalue weighted by atomic mass is 10.0. The van der Waals surface area contributed by atoms with Gasteiger partial charge in [-0.05, 0) is 30.0 Å². The first kappa shape index (κ1) is 12.5. The molecule has 1 aromatic carbocycles. The average Bonchev–Trinajstić information content (AvgIpc) is 2.62. The fraction of sp³-hybridized carbons (Fsp3) is 0.167. The minimum Gasteiger partial charge on any atom is -0.166 e. The van der Waals surface area contributed by atoms with Gasteiger partial charge in [-0.25, -0.2) is 0 Å². The standard InChI is InChI=1S/C12H8ClF3S/c1-7-5-6-17-11(7)8-3-2-4-9(13)10(8)12(14,15)16/h2-6H,1H3. The van der Waals surface area contributed by atoms with Crippen LogP contribution in [-0.2, 0) is 6.18 Å². The molecular weight excluding hydrogens is 269 g/mol. The monoisotopic (exact) mass is 276 g/mol. The molecule has 0 aliphatic rings. The molecule has 0 amide bonds. The number of benzene rings is 1. The van der Waals surface area contributed by atoms with Gasteiger partial charge in [0.25, 0.3) is 0 Å². The van der Waals surface area contributed by atoms with E-state index in [-0.39, 0.29) is 10.6 Å². The van der Waals surface area contributed by atoms with Crippen LogP contribution in [-0.4, -0.2) is 0 Å². The van der Waals surface area contributed by atoms with E-state index >= 15 is 0 Å². The molecule has 0 spiro atoms. The fourth-order valence-corrected chi connectivity index (χ4v) is 2.89. The summed E-state index contributed by atoms with van der Waals surface area (Å²) in [5.41, 5.74) is 0.215. The highest BCUT2D eigenvalue weighted by molar-refractivity contribution is 7.13. The molecule has 0 unspecified atom stereocenters. The van der Waals surface area contributed by atoms with Crippen molar-refractivity contribution in [3.63, 3.8) is 0 Å². The summed E-state index contributed by atoms with van der Waals surface area (Å²) in [5, 5.41) is 1.51. The van der Waals surface area contributed by atoms with Crippen molar-refractivity contribution in [2.75, 3.05) is 0 Å². The zero-order valence-corrected chi connectivity index (χ0v) is 10.4. The van der Waals surface area contributed by atoms with Crippen LogP contribution >= 0.6 is 22.9 Å². The highest BCUT2D eigenvalue weighted by Crippen LogP contribution is 2.43. The van der Waals surface area contributed by atoms with Crippen molar-refractivity contribution < 1.29 is 13.2 Å². The van der Waals surface area contributed by atoms with E-state index < -0.39 is 11.7 Å². The van der Waals surface area contributed by atoms with Crippen molar-refractivity contribution >= 4 is 22.9 Å². The van der Waals surface area contributed by atoms with E-state index in [4.69, 9.17) is 11.6 Å². The molecular formula is C12H8ClF3S. The van der Waals surface area contributed by atoms with Crippen LogP contribution in [0.25, 0.3) is 10.4 Å². The third kappa shape index (κ3) is 2.33. The number of halogens is 4. The molecule has 0 aliphatic carbocycles. The van der Waals surface area contributed by atoms with E-state index in [1.54, 1.807) is 18.4 Å². The van der Waals surface area contributed by atoms with Crippen molar-refractivity contribution in [1.29, 1.82) is 0 Å². The Bertz CT molecular complexity index is 543. The van der Waals surface area contributed by atoms with Gasteiger partial charge in [-0.15, -0.1) is 11.3 Å². The predicted octanol–water partition coefficient (Wildman–Crippen LogP) is 5.40. The van der Waals surface area contributed by atoms with E-state index in [0.29, 0.717) is 4.88 Å². The zero-order chi connectivity index (χ0) is 12.6. The SMILES string of the molecule is Cc1ccsc1-c1cccc(Cl)c1C(F)(F)F. The van der Waals surface area contributed by atoms with Crippen LogP contribution in [0.1, 0.15) is 11.1 Å². The Kier molecular flexibility index (Phi) is 3.19. The summed E-state index contributed by atoms with van der Waals surface area (Å²) >= 11 is 6.95. The fourth-order valence-electron chi connectivity index (χ4n) is 1.65. The Morgan fingerprint density at radius 3 is 2.41 bits per heavy atom. The molecule has 0 fully saturated rings. The van der Waals surface area contributed by atoms with Gasteiger partial charge in [0.1, 0.15) is 0 Å². The van der Waals surface area contributed by atoms with Crippen LogP contribution in [0.3, 0.4) is 0 Å². The maximum atomic E-state index is 13.0. The maximum absolute atomic E-state index is 13.0. The lowest BCUT2D eigenvalue weighted by molar-refractivity contribution is -0.136. The first-order chi connectivity index (χ1) is 7.91. The largest absolute Gasteiger partial charge is 0.418 e. The molecule has 17 heavy (non-hydrogen) atoms. The molecule has 0 saturated heterocycles. The van der Waals surface area contributed by atoms with E-state index in [1.165, 1.54) is 29.5 Å². The summed E-state index contributed by atoms with van der Waals surface area (Å²) in [5.74, 6) is 0. The summed E-state index contributed by atoms with van der Waals surface area (Å²) in [7, 11) is 0. The predicted molar refractivity (Wildman–Crippen MR) is 64.5 cm³/mol. The van der Waals surface area contributed by atoms with Crippen LogP contribution in [0.5, 0.6) is 0 Å². The van der Waals surface area contributed by atoms with Crippen molar-refractivity contribution in [3.05, 3.63) is 45.8 Å². The first-order valence-corrected chi connectivity index (χ1v) is 6.07. The van der Waals surface area contributed by atoms with Crippen molar-refractivity contribution in [1.82, 2.24) is 0 Å². The highest BCUT2D eigenvalue weighted by atomic mass is 35.5. The molecule has 2 aromatic rings. The smallest absolute Gasteiger partial charge is 0.166 e. The number of hydrogen-bond acceptors (Lipinski definition) is 1. The summed E-state index contributed by atoms with van der Waals surface area (Å²) in [6.07, 6.45) is -4.44. The quantitative estimate of drug-likeness (QED) is 0.654. The zero-order valence-electron chi connectivity index (χ0n) is 8.81. The molecule has 1 aromatic heterocycles. The van der Waals surface area contributed by atoms with E-state index in [2.05, 4.69) is 0 Å². The number of thiophene rings is 1. The van der Waals surface area contributed by atoms with Gasteiger partial charge in [0.2, 0.25) is 0 Å². The van der Waals surface area contributed by atoms with Crippen molar-refractivity contribution in [3.8, 4) is 10.4 Å². The minimum atomic E-state index is -4.44. The Morgan fingerprint density at radius 1 is 1.18 bits per heavy atom. The Balaban J connectivity index is 2.71. The minimum absolute atomic E-state index is 0.150. The summed E-state index contributed by atoms with van der Waals surface area (Å²) in [4.78, 5) is 0.611. The van der Waals surface area contributed by atoms with Gasteiger partial charge < -0.3 is 0 Å². The Morgan fingerprint density at radius 2 is 1.88 bits per heavy atom. The Hall–Kier alpha value is -1.00. The molecule has 90 valence electrons. The van der Waals surface area contributed by atoms with E-state index in [1.807, 2.05) is 0 Å². The first-order valence-electron chi connectivity index (χ1n) is 4.81. The second-order valence-corrected chi connectivity index (χ2v) is 4.92. The average molecular weight is 277 g/mol. The number of rotatable bonds is 1. The molecule has 0 aliphatic heterocycles. The van der Waals surface area contributed by atoms with Crippen molar-refractivity contribution in [2.24, 2.45) is 0 Å². The molecule has 0 bridgehead atoms. The molecule has 0 N–H and O–H groups in total. The molecule has 0 nitrogen and oxygen atoms in total. The molecule has 0 saturated carbocycles. The van der Waals surface area contributed by atoms with Gasteiger partial charge in [-0.1, -0.05) is 23.7 Å². The lowest BCUT2D eigenvalue weighted by Crippen LogP contribution is -2.08. The number of aryl methyl sites for hydroxylation is 1. The van der Waals surface area contributed by atoms with Crippen LogP contribution in [0.2, 0.25) is 5.02 Å². The van der Waals surface area contributed by atoms with Crippen LogP contribution < -0.4 is 0 Å². The van der Waals surface area contributed by atoms with Crippen LogP contribution in [0.15, 0.2) is 29.6 Å². The van der Waals surface area contributed by atoms with Crippen LogP contribution in [0, 0.1) is 6.92 Å². The summed E-state index contributed by atoms with van der Waals surface area (Å²) in [6.45, 7) is 1.78. The summed E-state index contributed by atoms with van der Waals surface area (Å²) < 4.78 is 38.9. The van der Waals surface area contributed by atoms with Gasteiger partial charge in [0, 0.05) is 10.4 Å². The molecule has 1 heterocycles. The van der Waals surface area contributed by atoms with Crippen LogP contribution in [0.4, 0.5) is 13.2 Å². The van der Waals surface area contributed by atoms with Gasteiger partial charge in [0.15, 0.2) is 0 Å². The van der Waals surface area contributed by atoms with Gasteiger partial charge in [-0.2, -0.15) is 13.2 Å². The van der Waals surface area contributed by atoms with Crippen molar-refractivity contribution in [2.45, 2.75) is 13.1 Å². The second kappa shape index (κ2) is 4.35. The van der Waals surface area contributed by atoms with E-state index in [0.717, 1.165) is 5.56 Å². The highest BCUT2D eigenvalue weighted by Gasteiger charge is 2.36. The topological polar surface area (TPSA) is 0 Å². The molecule has 5 heteroatoms. The third-order valence-corrected chi connectivity index (χ3v) is 3.77. The van der Waals surface area contributed by atoms with Gasteiger partial charge >= 0.3 is 6.18 Å². The molecule has 0 radical (unpaired) electrons. The maximum Gasteiger partial charge on any atom is 0.418 e.